The van der Waals surface area contributed by atoms with E-state index in [9.17, 15) is 10.1 Å². The van der Waals surface area contributed by atoms with Crippen molar-refractivity contribution in [3.05, 3.63) is 28.0 Å². The first-order valence-corrected chi connectivity index (χ1v) is 4.87. The van der Waals surface area contributed by atoms with Gasteiger partial charge in [-0.15, -0.1) is 5.73 Å². The van der Waals surface area contributed by atoms with Crippen LogP contribution in [0.5, 0.6) is 0 Å². The molecule has 4 nitrogen and oxygen atoms in total. The highest BCUT2D eigenvalue weighted by molar-refractivity contribution is 5.22. The molecule has 0 aromatic heterocycles. The quantitative estimate of drug-likeness (QED) is 0.363. The maximum atomic E-state index is 11.2. The fourth-order valence-corrected chi connectivity index (χ4v) is 2.60. The lowest BCUT2D eigenvalue weighted by atomic mass is 9.83. The van der Waals surface area contributed by atoms with Crippen LogP contribution in [0.1, 0.15) is 25.7 Å². The summed E-state index contributed by atoms with van der Waals surface area (Å²) in [7, 11) is 0. The first-order valence-electron chi connectivity index (χ1n) is 4.87. The fourth-order valence-electron chi connectivity index (χ4n) is 2.60. The normalized spacial score (nSPS) is 36.3. The molecular weight excluding hydrogens is 182 g/mol. The Hall–Kier alpha value is -1.12. The Bertz CT molecular complexity index is 319. The molecule has 1 aliphatic heterocycles. The lowest BCUT2D eigenvalue weighted by molar-refractivity contribution is -0.571. The van der Waals surface area contributed by atoms with Gasteiger partial charge in [0.05, 0.1) is 12.2 Å². The molecule has 1 saturated heterocycles. The third kappa shape index (κ3) is 1.04. The molecular formula is C10H13NO3. The minimum absolute atomic E-state index is 0.197. The first-order chi connectivity index (χ1) is 6.71. The zero-order valence-electron chi connectivity index (χ0n) is 7.99. The van der Waals surface area contributed by atoms with Gasteiger partial charge in [0, 0.05) is 17.8 Å². The van der Waals surface area contributed by atoms with Crippen molar-refractivity contribution < 1.29 is 9.66 Å². The Morgan fingerprint density at radius 1 is 1.71 bits per heavy atom. The molecule has 14 heavy (non-hydrogen) atoms. The summed E-state index contributed by atoms with van der Waals surface area (Å²) < 4.78 is 5.47. The van der Waals surface area contributed by atoms with Crippen LogP contribution in [-0.2, 0) is 4.74 Å². The topological polar surface area (TPSA) is 52.4 Å². The molecule has 1 saturated carbocycles. The van der Waals surface area contributed by atoms with Crippen LogP contribution in [0.25, 0.3) is 0 Å². The van der Waals surface area contributed by atoms with E-state index in [-0.39, 0.29) is 11.0 Å². The molecule has 2 aliphatic rings. The van der Waals surface area contributed by atoms with Crippen LogP contribution in [0.3, 0.4) is 0 Å². The van der Waals surface area contributed by atoms with Crippen molar-refractivity contribution in [2.75, 3.05) is 6.61 Å². The van der Waals surface area contributed by atoms with Crippen LogP contribution in [-0.4, -0.2) is 23.2 Å². The highest BCUT2D eigenvalue weighted by Crippen LogP contribution is 2.44. The molecule has 1 heterocycles. The molecule has 0 amide bonds. The largest absolute Gasteiger partial charge is 0.370 e. The number of hydrogen-bond donors (Lipinski definition) is 0. The average molecular weight is 195 g/mol. The van der Waals surface area contributed by atoms with Gasteiger partial charge in [0.25, 0.3) is 5.54 Å². The highest BCUT2D eigenvalue weighted by Gasteiger charge is 2.59. The lowest BCUT2D eigenvalue weighted by Gasteiger charge is -2.32. The summed E-state index contributed by atoms with van der Waals surface area (Å²) in [5.74, 6) is 0. The number of hydrogen-bond acceptors (Lipinski definition) is 3. The zero-order chi connectivity index (χ0) is 10.2. The van der Waals surface area contributed by atoms with Crippen molar-refractivity contribution >= 4 is 0 Å². The van der Waals surface area contributed by atoms with Crippen molar-refractivity contribution in [3.63, 3.8) is 0 Å². The molecule has 0 aromatic carbocycles. The van der Waals surface area contributed by atoms with Crippen LogP contribution in [0, 0.1) is 10.1 Å². The second kappa shape index (κ2) is 3.23. The van der Waals surface area contributed by atoms with E-state index in [2.05, 4.69) is 12.3 Å². The van der Waals surface area contributed by atoms with Crippen LogP contribution in [0.2, 0.25) is 0 Å². The van der Waals surface area contributed by atoms with Crippen molar-refractivity contribution in [1.29, 1.82) is 0 Å². The number of nitro groups is 1. The maximum Gasteiger partial charge on any atom is 0.276 e. The Morgan fingerprint density at radius 2 is 2.50 bits per heavy atom. The monoisotopic (exact) mass is 195 g/mol. The second-order valence-electron chi connectivity index (χ2n) is 3.84. The van der Waals surface area contributed by atoms with Crippen LogP contribution in [0.15, 0.2) is 17.9 Å². The molecule has 0 spiro atoms. The molecule has 0 unspecified atom stereocenters. The van der Waals surface area contributed by atoms with E-state index in [1.165, 1.54) is 0 Å². The summed E-state index contributed by atoms with van der Waals surface area (Å²) in [6.07, 6.45) is 2.56. The molecule has 2 rings (SSSR count). The van der Waals surface area contributed by atoms with E-state index in [4.69, 9.17) is 4.74 Å². The minimum atomic E-state index is -1.00. The van der Waals surface area contributed by atoms with E-state index in [0.29, 0.717) is 19.4 Å². The smallest absolute Gasteiger partial charge is 0.276 e. The number of fused-ring (bicyclic) bond motifs is 1. The van der Waals surface area contributed by atoms with E-state index in [1.807, 2.05) is 0 Å². The molecule has 0 bridgehead atoms. The molecule has 2 fully saturated rings. The summed E-state index contributed by atoms with van der Waals surface area (Å²) in [6.45, 7) is 4.12. The Balaban J connectivity index is 2.46. The van der Waals surface area contributed by atoms with E-state index in [1.54, 1.807) is 0 Å². The predicted molar refractivity (Wildman–Crippen MR) is 50.6 cm³/mol. The summed E-state index contributed by atoms with van der Waals surface area (Å²) in [5, 5.41) is 11.2. The Kier molecular flexibility index (Phi) is 2.17. The Morgan fingerprint density at radius 3 is 3.14 bits per heavy atom. The first kappa shape index (κ1) is 9.44. The standard InChI is InChI=1S/C10H13NO3/c1-2-8-5-7-14-9-4-3-6-10(8,9)11(12)13/h9H,1,3-7H2/t9-,10+/m1/s1. The Labute approximate surface area is 82.4 Å². The summed E-state index contributed by atoms with van der Waals surface area (Å²) in [5.41, 5.74) is 2.48. The van der Waals surface area contributed by atoms with Gasteiger partial charge in [-0.3, -0.25) is 10.1 Å². The van der Waals surface area contributed by atoms with Crippen LogP contribution < -0.4 is 0 Å². The molecule has 0 N–H and O–H groups in total. The molecule has 0 radical (unpaired) electrons. The average Bonchev–Trinajstić information content (AvgIpc) is 2.61. The second-order valence-corrected chi connectivity index (χ2v) is 3.84. The van der Waals surface area contributed by atoms with Gasteiger partial charge >= 0.3 is 0 Å². The van der Waals surface area contributed by atoms with Crippen molar-refractivity contribution in [1.82, 2.24) is 0 Å². The molecule has 76 valence electrons. The fraction of sp³-hybridized carbons (Fsp3) is 0.700. The highest BCUT2D eigenvalue weighted by atomic mass is 16.6. The lowest BCUT2D eigenvalue weighted by Crippen LogP contribution is -2.51. The summed E-state index contributed by atoms with van der Waals surface area (Å²) >= 11 is 0. The minimum Gasteiger partial charge on any atom is -0.370 e. The molecule has 2 atom stereocenters. The number of nitrogens with zero attached hydrogens (tertiary/aromatic N) is 1. The number of rotatable bonds is 1. The van der Waals surface area contributed by atoms with Crippen LogP contribution >= 0.6 is 0 Å². The van der Waals surface area contributed by atoms with Gasteiger partial charge in [-0.2, -0.15) is 0 Å². The third-order valence-corrected chi connectivity index (χ3v) is 3.29. The van der Waals surface area contributed by atoms with Gasteiger partial charge < -0.3 is 4.74 Å². The van der Waals surface area contributed by atoms with Gasteiger partial charge in [-0.05, 0) is 12.8 Å². The van der Waals surface area contributed by atoms with E-state index < -0.39 is 5.54 Å². The van der Waals surface area contributed by atoms with Gasteiger partial charge in [0.2, 0.25) is 0 Å². The molecule has 0 aromatic rings. The van der Waals surface area contributed by atoms with Crippen LogP contribution in [0.4, 0.5) is 0 Å². The van der Waals surface area contributed by atoms with Gasteiger partial charge in [-0.25, -0.2) is 0 Å². The van der Waals surface area contributed by atoms with Crippen molar-refractivity contribution in [2.24, 2.45) is 0 Å². The maximum absolute atomic E-state index is 11.2. The van der Waals surface area contributed by atoms with Gasteiger partial charge in [0.15, 0.2) is 0 Å². The molecule has 1 aliphatic carbocycles. The van der Waals surface area contributed by atoms with Gasteiger partial charge in [-0.1, -0.05) is 6.58 Å². The van der Waals surface area contributed by atoms with Gasteiger partial charge in [0.1, 0.15) is 6.10 Å². The van der Waals surface area contributed by atoms with Crippen molar-refractivity contribution in [3.8, 4) is 0 Å². The van der Waals surface area contributed by atoms with Crippen molar-refractivity contribution in [2.45, 2.75) is 37.3 Å². The van der Waals surface area contributed by atoms with E-state index >= 15 is 0 Å². The molecule has 4 heteroatoms. The third-order valence-electron chi connectivity index (χ3n) is 3.29. The zero-order valence-corrected chi connectivity index (χ0v) is 7.99. The summed E-state index contributed by atoms with van der Waals surface area (Å²) in [6, 6.07) is 0. The van der Waals surface area contributed by atoms with E-state index in [0.717, 1.165) is 18.4 Å². The summed E-state index contributed by atoms with van der Waals surface area (Å²) in [4.78, 5) is 11.0. The predicted octanol–water partition coefficient (Wildman–Crippen LogP) is 1.69. The number of ether oxygens (including phenoxy) is 1. The SMILES string of the molecule is C=C=C1CCO[C@@H]2CCC[C@]12[N+](=O)[O-].